The molecule has 1 N–H and O–H groups in total. The lowest BCUT2D eigenvalue weighted by atomic mass is 10.4. The lowest BCUT2D eigenvalue weighted by Crippen LogP contribution is -2.15. The predicted octanol–water partition coefficient (Wildman–Crippen LogP) is 2.95. The number of hydrogen-bond acceptors (Lipinski definition) is 4. The summed E-state index contributed by atoms with van der Waals surface area (Å²) in [5.74, 6) is -1.35. The van der Waals surface area contributed by atoms with Crippen molar-refractivity contribution < 1.29 is 21.6 Å². The van der Waals surface area contributed by atoms with Crippen molar-refractivity contribution in [2.24, 2.45) is 0 Å². The average Bonchev–Trinajstić information content (AvgIpc) is 2.38. The minimum atomic E-state index is -4.69. The number of hydrogen-bond donors (Lipinski definition) is 1. The van der Waals surface area contributed by atoms with Gasteiger partial charge in [-0.05, 0) is 24.3 Å². The molecule has 2 rings (SSSR count). The molecule has 1 heterocycles. The number of anilines is 1. The molecule has 21 heavy (non-hydrogen) atoms. The standard InChI is InChI=1S/C11H7ClF3N3O2S/c12-7-1-3-9(4-2-7)21(19,20)18-8-5-16-10(17-6-8)11(13,14)15/h1-6,18H. The summed E-state index contributed by atoms with van der Waals surface area (Å²) in [5.41, 5.74) is -0.182. The van der Waals surface area contributed by atoms with Gasteiger partial charge in [0, 0.05) is 5.02 Å². The summed E-state index contributed by atoms with van der Waals surface area (Å²) in [5, 5.41) is 0.354. The van der Waals surface area contributed by atoms with Gasteiger partial charge in [-0.2, -0.15) is 13.2 Å². The van der Waals surface area contributed by atoms with Crippen LogP contribution in [0.3, 0.4) is 0 Å². The Balaban J connectivity index is 2.23. The Labute approximate surface area is 122 Å². The highest BCUT2D eigenvalue weighted by Crippen LogP contribution is 2.26. The van der Waals surface area contributed by atoms with Crippen molar-refractivity contribution in [3.05, 3.63) is 47.5 Å². The third-order valence-electron chi connectivity index (χ3n) is 2.28. The lowest BCUT2D eigenvalue weighted by Gasteiger charge is -2.09. The number of nitrogens with zero attached hydrogens (tertiary/aromatic N) is 2. The maximum atomic E-state index is 12.3. The first-order valence-corrected chi connectivity index (χ1v) is 7.22. The lowest BCUT2D eigenvalue weighted by molar-refractivity contribution is -0.144. The van der Waals surface area contributed by atoms with Crippen LogP contribution in [0.4, 0.5) is 18.9 Å². The van der Waals surface area contributed by atoms with Crippen LogP contribution in [0, 0.1) is 0 Å². The van der Waals surface area contributed by atoms with E-state index in [2.05, 4.69) is 14.7 Å². The molecule has 2 aromatic rings. The van der Waals surface area contributed by atoms with Crippen LogP contribution in [0.5, 0.6) is 0 Å². The Morgan fingerprint density at radius 2 is 1.57 bits per heavy atom. The van der Waals surface area contributed by atoms with Gasteiger partial charge in [-0.1, -0.05) is 11.6 Å². The topological polar surface area (TPSA) is 72.0 Å². The molecular formula is C11H7ClF3N3O2S. The van der Waals surface area contributed by atoms with Gasteiger partial charge in [0.15, 0.2) is 0 Å². The Kier molecular flexibility index (Phi) is 4.06. The third-order valence-corrected chi connectivity index (χ3v) is 3.93. The highest BCUT2D eigenvalue weighted by atomic mass is 35.5. The molecule has 0 saturated carbocycles. The van der Waals surface area contributed by atoms with Gasteiger partial charge < -0.3 is 0 Å². The highest BCUT2D eigenvalue weighted by Gasteiger charge is 2.34. The van der Waals surface area contributed by atoms with Gasteiger partial charge in [0.1, 0.15) is 0 Å². The number of nitrogens with one attached hydrogen (secondary N) is 1. The maximum Gasteiger partial charge on any atom is 0.451 e. The van der Waals surface area contributed by atoms with Crippen molar-refractivity contribution in [2.45, 2.75) is 11.1 Å². The number of rotatable bonds is 3. The van der Waals surface area contributed by atoms with E-state index in [1.54, 1.807) is 0 Å². The highest BCUT2D eigenvalue weighted by molar-refractivity contribution is 7.92. The van der Waals surface area contributed by atoms with Crippen LogP contribution in [-0.2, 0) is 16.2 Å². The van der Waals surface area contributed by atoms with Crippen molar-refractivity contribution in [1.82, 2.24) is 9.97 Å². The Bertz CT molecular complexity index is 731. The van der Waals surface area contributed by atoms with E-state index in [1.807, 2.05) is 0 Å². The zero-order valence-electron chi connectivity index (χ0n) is 10.1. The molecule has 0 saturated heterocycles. The second kappa shape index (κ2) is 5.49. The zero-order valence-corrected chi connectivity index (χ0v) is 11.7. The fraction of sp³-hybridized carbons (Fsp3) is 0.0909. The molecule has 1 aromatic heterocycles. The number of alkyl halides is 3. The smallest absolute Gasteiger partial charge is 0.276 e. The van der Waals surface area contributed by atoms with Gasteiger partial charge in [-0.25, -0.2) is 18.4 Å². The fourth-order valence-electron chi connectivity index (χ4n) is 1.35. The number of aromatic nitrogens is 2. The van der Waals surface area contributed by atoms with Crippen LogP contribution in [-0.4, -0.2) is 18.4 Å². The van der Waals surface area contributed by atoms with Crippen molar-refractivity contribution in [3.63, 3.8) is 0 Å². The fourth-order valence-corrected chi connectivity index (χ4v) is 2.51. The molecular weight excluding hydrogens is 331 g/mol. The summed E-state index contributed by atoms with van der Waals surface area (Å²) in [4.78, 5) is 6.02. The first-order valence-electron chi connectivity index (χ1n) is 5.36. The molecule has 0 spiro atoms. The van der Waals surface area contributed by atoms with Crippen molar-refractivity contribution >= 4 is 27.3 Å². The van der Waals surface area contributed by atoms with Crippen LogP contribution in [0.1, 0.15) is 5.82 Å². The Hall–Kier alpha value is -1.87. The maximum absolute atomic E-state index is 12.3. The summed E-state index contributed by atoms with van der Waals surface area (Å²) < 4.78 is 62.8. The number of halogens is 4. The predicted molar refractivity (Wildman–Crippen MR) is 69.3 cm³/mol. The van der Waals surface area contributed by atoms with Gasteiger partial charge in [0.05, 0.1) is 23.0 Å². The molecule has 0 aliphatic rings. The minimum Gasteiger partial charge on any atom is -0.276 e. The van der Waals surface area contributed by atoms with E-state index < -0.39 is 22.0 Å². The minimum absolute atomic E-state index is 0.0909. The van der Waals surface area contributed by atoms with E-state index in [9.17, 15) is 21.6 Å². The summed E-state index contributed by atoms with van der Waals surface area (Å²) in [6, 6.07) is 5.27. The summed E-state index contributed by atoms with van der Waals surface area (Å²) in [6.45, 7) is 0. The van der Waals surface area contributed by atoms with E-state index in [-0.39, 0.29) is 10.6 Å². The van der Waals surface area contributed by atoms with Crippen molar-refractivity contribution in [1.29, 1.82) is 0 Å². The molecule has 0 aliphatic heterocycles. The van der Waals surface area contributed by atoms with Crippen LogP contribution < -0.4 is 4.72 Å². The van der Waals surface area contributed by atoms with Gasteiger partial charge in [-0.3, -0.25) is 4.72 Å². The summed E-state index contributed by atoms with van der Waals surface area (Å²) >= 11 is 5.64. The monoisotopic (exact) mass is 337 g/mol. The van der Waals surface area contributed by atoms with E-state index in [0.29, 0.717) is 5.02 Å². The number of sulfonamides is 1. The van der Waals surface area contributed by atoms with Crippen molar-refractivity contribution in [2.75, 3.05) is 4.72 Å². The van der Waals surface area contributed by atoms with Crippen LogP contribution >= 0.6 is 11.6 Å². The van der Waals surface area contributed by atoms with Crippen LogP contribution in [0.15, 0.2) is 41.6 Å². The molecule has 112 valence electrons. The largest absolute Gasteiger partial charge is 0.451 e. The zero-order chi connectivity index (χ0) is 15.7. The van der Waals surface area contributed by atoms with E-state index in [4.69, 9.17) is 11.6 Å². The molecule has 0 fully saturated rings. The van der Waals surface area contributed by atoms with Crippen LogP contribution in [0.2, 0.25) is 5.02 Å². The van der Waals surface area contributed by atoms with Gasteiger partial charge in [-0.15, -0.1) is 0 Å². The first kappa shape index (κ1) is 15.5. The number of benzene rings is 1. The Morgan fingerprint density at radius 3 is 2.05 bits per heavy atom. The molecule has 0 bridgehead atoms. The second-order valence-electron chi connectivity index (χ2n) is 3.85. The normalized spacial score (nSPS) is 12.2. The van der Waals surface area contributed by atoms with Gasteiger partial charge in [0.2, 0.25) is 5.82 Å². The third kappa shape index (κ3) is 3.82. The molecule has 0 atom stereocenters. The molecule has 10 heteroatoms. The summed E-state index contributed by atoms with van der Waals surface area (Å²) in [7, 11) is -3.95. The molecule has 0 radical (unpaired) electrons. The van der Waals surface area contributed by atoms with E-state index in [1.165, 1.54) is 24.3 Å². The van der Waals surface area contributed by atoms with Gasteiger partial charge >= 0.3 is 6.18 Å². The Morgan fingerprint density at radius 1 is 1.05 bits per heavy atom. The molecule has 0 amide bonds. The summed E-state index contributed by atoms with van der Waals surface area (Å²) in [6.07, 6.45) is -3.21. The molecule has 0 unspecified atom stereocenters. The molecule has 5 nitrogen and oxygen atoms in total. The van der Waals surface area contributed by atoms with Crippen LogP contribution in [0.25, 0.3) is 0 Å². The SMILES string of the molecule is O=S(=O)(Nc1cnc(C(F)(F)F)nc1)c1ccc(Cl)cc1. The van der Waals surface area contributed by atoms with E-state index in [0.717, 1.165) is 12.4 Å². The van der Waals surface area contributed by atoms with Crippen molar-refractivity contribution in [3.8, 4) is 0 Å². The van der Waals surface area contributed by atoms with E-state index >= 15 is 0 Å². The average molecular weight is 338 g/mol. The quantitative estimate of drug-likeness (QED) is 0.934. The first-order chi connectivity index (χ1) is 9.68. The molecule has 0 aliphatic carbocycles. The van der Waals surface area contributed by atoms with Gasteiger partial charge in [0.25, 0.3) is 10.0 Å². The second-order valence-corrected chi connectivity index (χ2v) is 5.97. The molecule has 1 aromatic carbocycles.